The van der Waals surface area contributed by atoms with Crippen LogP contribution < -0.4 is 0 Å². The van der Waals surface area contributed by atoms with Crippen LogP contribution in [0, 0.1) is 0 Å². The van der Waals surface area contributed by atoms with E-state index in [0.29, 0.717) is 5.69 Å². The molecule has 0 fully saturated rings. The highest BCUT2D eigenvalue weighted by molar-refractivity contribution is 8.13. The van der Waals surface area contributed by atoms with Crippen LogP contribution in [0.25, 0.3) is 5.69 Å². The highest BCUT2D eigenvalue weighted by Crippen LogP contribution is 2.30. The summed E-state index contributed by atoms with van der Waals surface area (Å²) in [6.45, 7) is 0.000830. The van der Waals surface area contributed by atoms with Gasteiger partial charge in [0.05, 0.1) is 12.3 Å². The molecule has 8 heteroatoms. The van der Waals surface area contributed by atoms with Crippen LogP contribution in [0.4, 0.5) is 0 Å². The molecule has 1 aromatic heterocycles. The highest BCUT2D eigenvalue weighted by Gasteiger charge is 2.26. The van der Waals surface area contributed by atoms with Gasteiger partial charge in [-0.3, -0.25) is 0 Å². The minimum absolute atomic E-state index is 0.000830. The lowest BCUT2D eigenvalue weighted by atomic mass is 10.3. The van der Waals surface area contributed by atoms with Gasteiger partial charge in [0.2, 0.25) is 0 Å². The highest BCUT2D eigenvalue weighted by atomic mass is 35.7. The lowest BCUT2D eigenvalue weighted by molar-refractivity contribution is 0.179. The molecule has 5 nitrogen and oxygen atoms in total. The van der Waals surface area contributed by atoms with Gasteiger partial charge >= 0.3 is 0 Å². The first-order chi connectivity index (χ1) is 8.95. The Bertz CT molecular complexity index is 683. The Morgan fingerprint density at radius 1 is 1.32 bits per heavy atom. The summed E-state index contributed by atoms with van der Waals surface area (Å²) >= 11 is 6.07. The van der Waals surface area contributed by atoms with E-state index in [2.05, 4.69) is 5.10 Å². The lowest BCUT2D eigenvalue weighted by Gasteiger charge is -2.01. The van der Waals surface area contributed by atoms with E-state index in [1.54, 1.807) is 24.3 Å². The van der Waals surface area contributed by atoms with Gasteiger partial charge < -0.3 is 4.74 Å². The fourth-order valence-corrected chi connectivity index (χ4v) is 3.46. The largest absolute Gasteiger partial charge is 0.378 e. The number of hydrogen-bond donors (Lipinski definition) is 0. The second kappa shape index (κ2) is 5.50. The molecule has 0 aliphatic carbocycles. The number of rotatable bonds is 4. The maximum atomic E-state index is 11.6. The summed E-state index contributed by atoms with van der Waals surface area (Å²) in [5, 5.41) is 4.07. The first-order valence-corrected chi connectivity index (χ1v) is 7.90. The Morgan fingerprint density at radius 2 is 1.95 bits per heavy atom. The molecule has 0 spiro atoms. The van der Waals surface area contributed by atoms with Crippen molar-refractivity contribution in [1.82, 2.24) is 9.78 Å². The first-order valence-electron chi connectivity index (χ1n) is 5.21. The van der Waals surface area contributed by atoms with Crippen molar-refractivity contribution in [3.8, 4) is 5.69 Å². The average Bonchev–Trinajstić information content (AvgIpc) is 2.67. The van der Waals surface area contributed by atoms with Crippen LogP contribution in [0.1, 0.15) is 5.69 Å². The molecule has 0 unspecified atom stereocenters. The molecular weight excluding hydrogens is 311 g/mol. The maximum absolute atomic E-state index is 11.6. The molecule has 0 amide bonds. The van der Waals surface area contributed by atoms with Crippen LogP contribution in [0.5, 0.6) is 0 Å². The van der Waals surface area contributed by atoms with Gasteiger partial charge in [-0.25, -0.2) is 13.1 Å². The quantitative estimate of drug-likeness (QED) is 0.812. The Labute approximate surface area is 120 Å². The number of benzene rings is 1. The number of para-hydroxylation sites is 1. The van der Waals surface area contributed by atoms with E-state index in [4.69, 9.17) is 27.0 Å². The number of methoxy groups -OCH3 is 1. The summed E-state index contributed by atoms with van der Waals surface area (Å²) < 4.78 is 29.4. The zero-order valence-electron chi connectivity index (χ0n) is 9.88. The number of nitrogens with zero attached hydrogens (tertiary/aromatic N) is 2. The Balaban J connectivity index is 2.66. The van der Waals surface area contributed by atoms with Crippen molar-refractivity contribution in [3.05, 3.63) is 41.2 Å². The van der Waals surface area contributed by atoms with Crippen molar-refractivity contribution in [3.63, 3.8) is 0 Å². The molecule has 0 saturated carbocycles. The molecule has 0 N–H and O–H groups in total. The second-order valence-corrected chi connectivity index (χ2v) is 6.55. The van der Waals surface area contributed by atoms with Crippen molar-refractivity contribution in [2.45, 2.75) is 11.5 Å². The maximum Gasteiger partial charge on any atom is 0.266 e. The average molecular weight is 321 g/mol. The van der Waals surface area contributed by atoms with E-state index in [-0.39, 0.29) is 22.3 Å². The molecule has 2 rings (SSSR count). The van der Waals surface area contributed by atoms with Gasteiger partial charge in [0.25, 0.3) is 9.05 Å². The SMILES string of the molecule is COCc1nn(-c2ccccc2)c(Cl)c1S(=O)(=O)Cl. The van der Waals surface area contributed by atoms with Crippen molar-refractivity contribution in [2.24, 2.45) is 0 Å². The summed E-state index contributed by atoms with van der Waals surface area (Å²) in [7, 11) is 2.82. The third kappa shape index (κ3) is 2.92. The van der Waals surface area contributed by atoms with Gasteiger partial charge in [-0.15, -0.1) is 0 Å². The van der Waals surface area contributed by atoms with Crippen LogP contribution in [0.2, 0.25) is 5.15 Å². The van der Waals surface area contributed by atoms with Crippen molar-refractivity contribution in [1.29, 1.82) is 0 Å². The Hall–Kier alpha value is -1.08. The van der Waals surface area contributed by atoms with Crippen LogP contribution in [-0.4, -0.2) is 25.3 Å². The zero-order chi connectivity index (χ0) is 14.0. The number of aromatic nitrogens is 2. The van der Waals surface area contributed by atoms with Crippen molar-refractivity contribution < 1.29 is 13.2 Å². The minimum Gasteiger partial charge on any atom is -0.378 e. The minimum atomic E-state index is -4.00. The normalized spacial score (nSPS) is 11.7. The van der Waals surface area contributed by atoms with Gasteiger partial charge in [-0.1, -0.05) is 29.8 Å². The van der Waals surface area contributed by atoms with Gasteiger partial charge in [0.15, 0.2) is 5.15 Å². The predicted molar refractivity (Wildman–Crippen MR) is 72.3 cm³/mol. The second-order valence-electron chi connectivity index (χ2n) is 3.68. The molecule has 0 saturated heterocycles. The van der Waals surface area contributed by atoms with E-state index < -0.39 is 9.05 Å². The molecule has 102 valence electrons. The summed E-state index contributed by atoms with van der Waals surface area (Å²) in [5.74, 6) is 0. The molecular formula is C11H10Cl2N2O3S. The summed E-state index contributed by atoms with van der Waals surface area (Å²) in [4.78, 5) is -0.221. The van der Waals surface area contributed by atoms with Gasteiger partial charge in [-0.05, 0) is 12.1 Å². The fourth-order valence-electron chi connectivity index (χ4n) is 1.64. The molecule has 1 heterocycles. The molecule has 2 aromatic rings. The predicted octanol–water partition coefficient (Wildman–Crippen LogP) is 2.60. The molecule has 0 radical (unpaired) electrons. The van der Waals surface area contributed by atoms with Crippen LogP contribution in [-0.2, 0) is 20.4 Å². The number of ether oxygens (including phenoxy) is 1. The van der Waals surface area contributed by atoms with E-state index in [0.717, 1.165) is 0 Å². The third-order valence-corrected chi connectivity index (χ3v) is 4.22. The van der Waals surface area contributed by atoms with Gasteiger partial charge in [0.1, 0.15) is 10.6 Å². The molecule has 19 heavy (non-hydrogen) atoms. The summed E-state index contributed by atoms with van der Waals surface area (Å²) in [5.41, 5.74) is 0.808. The Kier molecular flexibility index (Phi) is 4.15. The van der Waals surface area contributed by atoms with Crippen LogP contribution >= 0.6 is 22.3 Å². The molecule has 0 aliphatic rings. The fraction of sp³-hybridized carbons (Fsp3) is 0.182. The van der Waals surface area contributed by atoms with E-state index in [1.165, 1.54) is 11.8 Å². The molecule has 0 atom stereocenters. The topological polar surface area (TPSA) is 61.2 Å². The number of halogens is 2. The molecule has 1 aromatic carbocycles. The van der Waals surface area contributed by atoms with Crippen molar-refractivity contribution >= 4 is 31.3 Å². The zero-order valence-corrected chi connectivity index (χ0v) is 12.2. The van der Waals surface area contributed by atoms with Crippen molar-refractivity contribution in [2.75, 3.05) is 7.11 Å². The van der Waals surface area contributed by atoms with Gasteiger partial charge in [-0.2, -0.15) is 5.10 Å². The third-order valence-electron chi connectivity index (χ3n) is 2.38. The first kappa shape index (κ1) is 14.3. The molecule has 0 aliphatic heterocycles. The monoisotopic (exact) mass is 320 g/mol. The molecule has 0 bridgehead atoms. The Morgan fingerprint density at radius 3 is 2.47 bits per heavy atom. The van der Waals surface area contributed by atoms with Gasteiger partial charge in [0, 0.05) is 17.8 Å². The standard InChI is InChI=1S/C11H10Cl2N2O3S/c1-18-7-9-10(19(13,16)17)11(12)15(14-9)8-5-3-2-4-6-8/h2-6H,7H2,1H3. The van der Waals surface area contributed by atoms with E-state index in [1.807, 2.05) is 6.07 Å². The number of hydrogen-bond acceptors (Lipinski definition) is 4. The van der Waals surface area contributed by atoms with E-state index in [9.17, 15) is 8.42 Å². The van der Waals surface area contributed by atoms with Crippen LogP contribution in [0.3, 0.4) is 0 Å². The summed E-state index contributed by atoms with van der Waals surface area (Å²) in [6.07, 6.45) is 0. The summed E-state index contributed by atoms with van der Waals surface area (Å²) in [6, 6.07) is 8.91. The lowest BCUT2D eigenvalue weighted by Crippen LogP contribution is -1.98. The van der Waals surface area contributed by atoms with Crippen LogP contribution in [0.15, 0.2) is 35.2 Å². The smallest absolute Gasteiger partial charge is 0.266 e. The van der Waals surface area contributed by atoms with E-state index >= 15 is 0 Å².